The van der Waals surface area contributed by atoms with Gasteiger partial charge in [0.1, 0.15) is 11.5 Å². The van der Waals surface area contributed by atoms with E-state index in [9.17, 15) is 9.59 Å². The molecule has 0 radical (unpaired) electrons. The highest BCUT2D eigenvalue weighted by Gasteiger charge is 2.10. The average molecular weight is 453 g/mol. The lowest BCUT2D eigenvalue weighted by molar-refractivity contribution is -0.116. The molecule has 0 saturated heterocycles. The van der Waals surface area contributed by atoms with Gasteiger partial charge in [-0.2, -0.15) is 0 Å². The molecule has 0 saturated carbocycles. The van der Waals surface area contributed by atoms with E-state index in [1.807, 2.05) is 29.6 Å². The Bertz CT molecular complexity index is 1030. The molecule has 32 heavy (non-hydrogen) atoms. The number of hydrogen-bond donors (Lipinski definition) is 2. The number of anilines is 1. The number of hydrogen-bond acceptors (Lipinski definition) is 5. The molecule has 0 aliphatic heterocycles. The molecule has 3 rings (SSSR count). The number of carbonyl (C=O) groups is 2. The predicted molar refractivity (Wildman–Crippen MR) is 128 cm³/mol. The molecule has 0 aliphatic rings. The van der Waals surface area contributed by atoms with E-state index >= 15 is 0 Å². The van der Waals surface area contributed by atoms with Crippen LogP contribution in [0.15, 0.2) is 60.0 Å². The molecule has 0 aliphatic carbocycles. The lowest BCUT2D eigenvalue weighted by Gasteiger charge is -2.11. The first-order valence-electron chi connectivity index (χ1n) is 10.5. The maximum absolute atomic E-state index is 12.6. The van der Waals surface area contributed by atoms with E-state index in [1.165, 1.54) is 4.88 Å². The first kappa shape index (κ1) is 23.3. The lowest BCUT2D eigenvalue weighted by Crippen LogP contribution is -2.26. The van der Waals surface area contributed by atoms with Gasteiger partial charge in [-0.05, 0) is 60.5 Å². The summed E-state index contributed by atoms with van der Waals surface area (Å²) < 4.78 is 10.6. The second kappa shape index (κ2) is 11.9. The Morgan fingerprint density at radius 2 is 1.84 bits per heavy atom. The quantitative estimate of drug-likeness (QED) is 0.442. The van der Waals surface area contributed by atoms with E-state index in [-0.39, 0.29) is 11.8 Å². The molecular weight excluding hydrogens is 424 g/mol. The van der Waals surface area contributed by atoms with Gasteiger partial charge < -0.3 is 20.1 Å². The SMILES string of the molecule is COc1ccc(CCNC(=O)c2cccc(NC(=O)CCCc3cccs3)c2)c(OC)c1. The molecule has 7 heteroatoms. The number of benzene rings is 2. The summed E-state index contributed by atoms with van der Waals surface area (Å²) in [6.45, 7) is 0.459. The molecule has 2 aromatic carbocycles. The highest BCUT2D eigenvalue weighted by Crippen LogP contribution is 2.24. The van der Waals surface area contributed by atoms with Crippen molar-refractivity contribution in [3.8, 4) is 11.5 Å². The van der Waals surface area contributed by atoms with Crippen LogP contribution in [-0.4, -0.2) is 32.6 Å². The third kappa shape index (κ3) is 6.85. The summed E-state index contributed by atoms with van der Waals surface area (Å²) >= 11 is 1.70. The van der Waals surface area contributed by atoms with Crippen molar-refractivity contribution in [2.75, 3.05) is 26.1 Å². The minimum atomic E-state index is -0.189. The van der Waals surface area contributed by atoms with E-state index in [1.54, 1.807) is 49.8 Å². The van der Waals surface area contributed by atoms with Crippen LogP contribution in [0, 0.1) is 0 Å². The number of rotatable bonds is 11. The van der Waals surface area contributed by atoms with Gasteiger partial charge in [-0.1, -0.05) is 18.2 Å². The van der Waals surface area contributed by atoms with Crippen molar-refractivity contribution in [3.63, 3.8) is 0 Å². The van der Waals surface area contributed by atoms with Gasteiger partial charge in [0, 0.05) is 35.2 Å². The fraction of sp³-hybridized carbons (Fsp3) is 0.280. The standard InChI is InChI=1S/C25H28N2O4S/c1-30-21-12-11-18(23(17-21)31-2)13-14-26-25(29)19-6-3-7-20(16-19)27-24(28)10-4-8-22-9-5-15-32-22/h3,5-7,9,11-12,15-17H,4,8,10,13-14H2,1-2H3,(H,26,29)(H,27,28). The van der Waals surface area contributed by atoms with Crippen molar-refractivity contribution in [1.82, 2.24) is 5.32 Å². The van der Waals surface area contributed by atoms with E-state index in [0.29, 0.717) is 30.6 Å². The number of nitrogens with one attached hydrogen (secondary N) is 2. The zero-order valence-electron chi connectivity index (χ0n) is 18.4. The van der Waals surface area contributed by atoms with Crippen LogP contribution in [-0.2, 0) is 17.6 Å². The van der Waals surface area contributed by atoms with Gasteiger partial charge in [-0.15, -0.1) is 11.3 Å². The summed E-state index contributed by atoms with van der Waals surface area (Å²) in [5.74, 6) is 1.21. The largest absolute Gasteiger partial charge is 0.497 e. The van der Waals surface area contributed by atoms with Gasteiger partial charge in [0.15, 0.2) is 0 Å². The minimum absolute atomic E-state index is 0.0503. The highest BCUT2D eigenvalue weighted by molar-refractivity contribution is 7.09. The Morgan fingerprint density at radius 3 is 2.59 bits per heavy atom. The summed E-state index contributed by atoms with van der Waals surface area (Å²) in [4.78, 5) is 26.1. The molecule has 0 fully saturated rings. The molecule has 168 valence electrons. The Labute approximate surface area is 192 Å². The van der Waals surface area contributed by atoms with Crippen LogP contribution < -0.4 is 20.1 Å². The van der Waals surface area contributed by atoms with E-state index in [0.717, 1.165) is 29.9 Å². The summed E-state index contributed by atoms with van der Waals surface area (Å²) in [5.41, 5.74) is 2.11. The summed E-state index contributed by atoms with van der Waals surface area (Å²) in [6, 6.07) is 16.7. The molecule has 0 spiro atoms. The first-order chi connectivity index (χ1) is 15.6. The number of amides is 2. The van der Waals surface area contributed by atoms with E-state index in [2.05, 4.69) is 16.7 Å². The van der Waals surface area contributed by atoms with Crippen LogP contribution >= 0.6 is 11.3 Å². The molecule has 2 amide bonds. The fourth-order valence-electron chi connectivity index (χ4n) is 3.31. The van der Waals surface area contributed by atoms with Gasteiger partial charge >= 0.3 is 0 Å². The van der Waals surface area contributed by atoms with Crippen molar-refractivity contribution >= 4 is 28.8 Å². The second-order valence-electron chi connectivity index (χ2n) is 7.25. The van der Waals surface area contributed by atoms with Crippen LogP contribution in [0.5, 0.6) is 11.5 Å². The topological polar surface area (TPSA) is 76.7 Å². The van der Waals surface area contributed by atoms with Gasteiger partial charge in [-0.3, -0.25) is 9.59 Å². The molecule has 0 bridgehead atoms. The molecule has 2 N–H and O–H groups in total. The summed E-state index contributed by atoms with van der Waals surface area (Å²) in [7, 11) is 3.22. The number of carbonyl (C=O) groups excluding carboxylic acids is 2. The molecule has 0 unspecified atom stereocenters. The number of aryl methyl sites for hydroxylation is 1. The Hall–Kier alpha value is -3.32. The van der Waals surface area contributed by atoms with Crippen molar-refractivity contribution in [2.45, 2.75) is 25.7 Å². The molecule has 1 aromatic heterocycles. The van der Waals surface area contributed by atoms with Crippen LogP contribution in [0.1, 0.15) is 33.6 Å². The van der Waals surface area contributed by atoms with Crippen LogP contribution in [0.2, 0.25) is 0 Å². The second-order valence-corrected chi connectivity index (χ2v) is 8.28. The molecule has 1 heterocycles. The lowest BCUT2D eigenvalue weighted by atomic mass is 10.1. The van der Waals surface area contributed by atoms with Crippen molar-refractivity contribution < 1.29 is 19.1 Å². The minimum Gasteiger partial charge on any atom is -0.497 e. The van der Waals surface area contributed by atoms with Gasteiger partial charge in [0.2, 0.25) is 5.91 Å². The predicted octanol–water partition coefficient (Wildman–Crippen LogP) is 4.70. The zero-order chi connectivity index (χ0) is 22.8. The van der Waals surface area contributed by atoms with Gasteiger partial charge in [0.05, 0.1) is 14.2 Å². The smallest absolute Gasteiger partial charge is 0.251 e. The van der Waals surface area contributed by atoms with Crippen LogP contribution in [0.25, 0.3) is 0 Å². The number of methoxy groups -OCH3 is 2. The van der Waals surface area contributed by atoms with Crippen LogP contribution in [0.4, 0.5) is 5.69 Å². The first-order valence-corrected chi connectivity index (χ1v) is 11.4. The molecule has 6 nitrogen and oxygen atoms in total. The van der Waals surface area contributed by atoms with Gasteiger partial charge in [-0.25, -0.2) is 0 Å². The number of thiophene rings is 1. The average Bonchev–Trinajstić information content (AvgIpc) is 3.33. The Kier molecular flexibility index (Phi) is 8.69. The fourth-order valence-corrected chi connectivity index (χ4v) is 4.06. The van der Waals surface area contributed by atoms with E-state index in [4.69, 9.17) is 9.47 Å². The third-order valence-corrected chi connectivity index (χ3v) is 5.93. The molecular formula is C25H28N2O4S. The normalized spacial score (nSPS) is 10.4. The summed E-state index contributed by atoms with van der Waals surface area (Å²) in [5, 5.41) is 7.84. The third-order valence-electron chi connectivity index (χ3n) is 4.99. The monoisotopic (exact) mass is 452 g/mol. The molecule has 3 aromatic rings. The highest BCUT2D eigenvalue weighted by atomic mass is 32.1. The zero-order valence-corrected chi connectivity index (χ0v) is 19.2. The summed E-state index contributed by atoms with van der Waals surface area (Å²) in [6.07, 6.45) is 2.76. The van der Waals surface area contributed by atoms with Crippen molar-refractivity contribution in [3.05, 3.63) is 76.0 Å². The Morgan fingerprint density at radius 1 is 0.969 bits per heavy atom. The van der Waals surface area contributed by atoms with Crippen molar-refractivity contribution in [2.24, 2.45) is 0 Å². The number of ether oxygens (including phenoxy) is 2. The Balaban J connectivity index is 1.47. The van der Waals surface area contributed by atoms with Crippen molar-refractivity contribution in [1.29, 1.82) is 0 Å². The molecule has 0 atom stereocenters. The maximum Gasteiger partial charge on any atom is 0.251 e. The van der Waals surface area contributed by atoms with E-state index < -0.39 is 0 Å². The van der Waals surface area contributed by atoms with Crippen LogP contribution in [0.3, 0.4) is 0 Å². The van der Waals surface area contributed by atoms with Gasteiger partial charge in [0.25, 0.3) is 5.91 Å². The maximum atomic E-state index is 12.6.